The quantitative estimate of drug-likeness (QED) is 0.694. The predicted octanol–water partition coefficient (Wildman–Crippen LogP) is 2.93. The molecule has 2 aromatic rings. The van der Waals surface area contributed by atoms with Crippen molar-refractivity contribution in [3.63, 3.8) is 0 Å². The van der Waals surface area contributed by atoms with Crippen molar-refractivity contribution >= 4 is 12.1 Å². The van der Waals surface area contributed by atoms with Gasteiger partial charge in [0.25, 0.3) is 0 Å². The summed E-state index contributed by atoms with van der Waals surface area (Å²) in [5, 5.41) is 0. The number of nitrogens with one attached hydrogen (secondary N) is 1. The molecule has 6 heteroatoms. The summed E-state index contributed by atoms with van der Waals surface area (Å²) in [5.41, 5.74) is 6.40. The number of ether oxygens (including phenoxy) is 1. The molecular weight excluding hydrogens is 298 g/mol. The van der Waals surface area contributed by atoms with Crippen molar-refractivity contribution in [1.82, 2.24) is 5.48 Å². The van der Waals surface area contributed by atoms with Crippen LogP contribution < -0.4 is 5.48 Å². The minimum absolute atomic E-state index is 0.0399. The van der Waals surface area contributed by atoms with E-state index < -0.39 is 12.1 Å². The van der Waals surface area contributed by atoms with E-state index in [2.05, 4.69) is 22.0 Å². The van der Waals surface area contributed by atoms with E-state index in [9.17, 15) is 9.59 Å². The first kappa shape index (κ1) is 15.1. The molecule has 23 heavy (non-hydrogen) atoms. The number of fused-ring (bicyclic) bond motifs is 3. The van der Waals surface area contributed by atoms with Crippen molar-refractivity contribution in [3.05, 3.63) is 59.7 Å². The minimum Gasteiger partial charge on any atom is -0.447 e. The summed E-state index contributed by atoms with van der Waals surface area (Å²) in [7, 11) is 0. The second kappa shape index (κ2) is 6.50. The molecular formula is C17H15NO5. The first-order valence-corrected chi connectivity index (χ1v) is 7.12. The van der Waals surface area contributed by atoms with Gasteiger partial charge in [0.1, 0.15) is 6.61 Å². The highest BCUT2D eigenvalue weighted by Gasteiger charge is 2.28. The van der Waals surface area contributed by atoms with Crippen LogP contribution in [0.25, 0.3) is 11.1 Å². The van der Waals surface area contributed by atoms with Crippen LogP contribution in [0, 0.1) is 0 Å². The number of rotatable bonds is 4. The summed E-state index contributed by atoms with van der Waals surface area (Å²) >= 11 is 0. The molecule has 1 aliphatic carbocycles. The SMILES string of the molecule is CC(=O)OONC(=O)OCC1c2ccccc2-c2ccccc21. The van der Waals surface area contributed by atoms with Crippen LogP contribution in [0.4, 0.5) is 4.79 Å². The molecule has 3 rings (SSSR count). The molecule has 2 aromatic carbocycles. The Morgan fingerprint density at radius 1 is 1.00 bits per heavy atom. The lowest BCUT2D eigenvalue weighted by molar-refractivity contribution is -0.298. The molecule has 0 radical (unpaired) electrons. The third kappa shape index (κ3) is 3.17. The molecule has 1 amide bonds. The third-order valence-corrected chi connectivity index (χ3v) is 3.63. The fraction of sp³-hybridized carbons (Fsp3) is 0.176. The highest BCUT2D eigenvalue weighted by Crippen LogP contribution is 2.44. The second-order valence-electron chi connectivity index (χ2n) is 5.09. The van der Waals surface area contributed by atoms with Gasteiger partial charge >= 0.3 is 12.1 Å². The number of hydrogen-bond acceptors (Lipinski definition) is 5. The Labute approximate surface area is 132 Å². The van der Waals surface area contributed by atoms with E-state index in [0.717, 1.165) is 29.2 Å². The van der Waals surface area contributed by atoms with Crippen molar-refractivity contribution in [2.75, 3.05) is 6.61 Å². The molecule has 0 spiro atoms. The monoisotopic (exact) mass is 313 g/mol. The topological polar surface area (TPSA) is 73.9 Å². The molecule has 6 nitrogen and oxygen atoms in total. The average Bonchev–Trinajstić information content (AvgIpc) is 2.87. The molecule has 0 aliphatic heterocycles. The minimum atomic E-state index is -0.826. The number of hydrogen-bond donors (Lipinski definition) is 1. The van der Waals surface area contributed by atoms with Gasteiger partial charge in [0.2, 0.25) is 0 Å². The van der Waals surface area contributed by atoms with Gasteiger partial charge < -0.3 is 4.74 Å². The van der Waals surface area contributed by atoms with Gasteiger partial charge in [-0.2, -0.15) is 5.48 Å². The summed E-state index contributed by atoms with van der Waals surface area (Å²) < 4.78 is 5.16. The zero-order valence-electron chi connectivity index (χ0n) is 12.4. The van der Waals surface area contributed by atoms with Crippen LogP contribution in [0.15, 0.2) is 48.5 Å². The van der Waals surface area contributed by atoms with Crippen molar-refractivity contribution < 1.29 is 24.2 Å². The number of carbonyl (C=O) groups excluding carboxylic acids is 2. The fourth-order valence-corrected chi connectivity index (χ4v) is 2.74. The van der Waals surface area contributed by atoms with E-state index in [4.69, 9.17) is 4.74 Å². The van der Waals surface area contributed by atoms with E-state index in [1.807, 2.05) is 41.9 Å². The van der Waals surface area contributed by atoms with Crippen molar-refractivity contribution in [2.45, 2.75) is 12.8 Å². The highest BCUT2D eigenvalue weighted by molar-refractivity contribution is 5.79. The van der Waals surface area contributed by atoms with Crippen LogP contribution in [0.5, 0.6) is 0 Å². The van der Waals surface area contributed by atoms with Crippen LogP contribution >= 0.6 is 0 Å². The van der Waals surface area contributed by atoms with Gasteiger partial charge in [0.15, 0.2) is 0 Å². The van der Waals surface area contributed by atoms with Crippen LogP contribution in [0.3, 0.4) is 0 Å². The molecule has 0 bridgehead atoms. The van der Waals surface area contributed by atoms with E-state index in [0.29, 0.717) is 0 Å². The molecule has 0 heterocycles. The molecule has 118 valence electrons. The number of hydroxylamine groups is 1. The lowest BCUT2D eigenvalue weighted by Crippen LogP contribution is -2.27. The van der Waals surface area contributed by atoms with Gasteiger partial charge in [0.05, 0.1) is 0 Å². The zero-order chi connectivity index (χ0) is 16.2. The van der Waals surface area contributed by atoms with Gasteiger partial charge in [-0.25, -0.2) is 9.59 Å². The zero-order valence-corrected chi connectivity index (χ0v) is 12.4. The maximum atomic E-state index is 11.6. The predicted molar refractivity (Wildman–Crippen MR) is 81.1 cm³/mol. The van der Waals surface area contributed by atoms with Crippen LogP contribution in [0.1, 0.15) is 24.0 Å². The molecule has 0 saturated carbocycles. The molecule has 0 atom stereocenters. The Balaban J connectivity index is 1.69. The van der Waals surface area contributed by atoms with E-state index in [1.165, 1.54) is 0 Å². The summed E-state index contributed by atoms with van der Waals surface area (Å²) in [4.78, 5) is 30.5. The summed E-state index contributed by atoms with van der Waals surface area (Å²) in [5.74, 6) is -0.717. The average molecular weight is 313 g/mol. The molecule has 0 saturated heterocycles. The van der Waals surface area contributed by atoms with Gasteiger partial charge in [-0.15, -0.1) is 0 Å². The second-order valence-corrected chi connectivity index (χ2v) is 5.09. The normalized spacial score (nSPS) is 12.2. The molecule has 0 fully saturated rings. The number of carbonyl (C=O) groups is 2. The lowest BCUT2D eigenvalue weighted by atomic mass is 9.98. The van der Waals surface area contributed by atoms with Crippen molar-refractivity contribution in [3.8, 4) is 11.1 Å². The van der Waals surface area contributed by atoms with Crippen molar-refractivity contribution in [1.29, 1.82) is 0 Å². The van der Waals surface area contributed by atoms with E-state index in [-0.39, 0.29) is 12.5 Å². The molecule has 0 unspecified atom stereocenters. The summed E-state index contributed by atoms with van der Waals surface area (Å²) in [6.07, 6.45) is -0.826. The van der Waals surface area contributed by atoms with E-state index in [1.54, 1.807) is 0 Å². The highest BCUT2D eigenvalue weighted by atomic mass is 17.3. The van der Waals surface area contributed by atoms with Gasteiger partial charge in [0, 0.05) is 12.8 Å². The summed E-state index contributed by atoms with van der Waals surface area (Å²) in [6.45, 7) is 1.31. The van der Waals surface area contributed by atoms with E-state index >= 15 is 0 Å². The molecule has 1 N–H and O–H groups in total. The summed E-state index contributed by atoms with van der Waals surface area (Å²) in [6, 6.07) is 16.0. The lowest BCUT2D eigenvalue weighted by Gasteiger charge is -2.13. The third-order valence-electron chi connectivity index (χ3n) is 3.63. The Morgan fingerprint density at radius 2 is 1.57 bits per heavy atom. The largest absolute Gasteiger partial charge is 0.447 e. The maximum Gasteiger partial charge on any atom is 0.434 e. The number of benzene rings is 2. The van der Waals surface area contributed by atoms with Gasteiger partial charge in [-0.1, -0.05) is 53.5 Å². The smallest absolute Gasteiger partial charge is 0.434 e. The Kier molecular flexibility index (Phi) is 4.25. The molecule has 0 aromatic heterocycles. The van der Waals surface area contributed by atoms with Gasteiger partial charge in [-0.05, 0) is 22.3 Å². The molecule has 1 aliphatic rings. The van der Waals surface area contributed by atoms with Crippen LogP contribution in [-0.4, -0.2) is 18.7 Å². The number of amides is 1. The van der Waals surface area contributed by atoms with Gasteiger partial charge in [-0.3, -0.25) is 4.89 Å². The first-order valence-electron chi connectivity index (χ1n) is 7.12. The standard InChI is InChI=1S/C17H15NO5/c1-11(19)22-23-18-17(20)21-10-16-14-8-4-2-6-12(14)13-7-3-5-9-15(13)16/h2-9,16H,10H2,1H3,(H,18,20). The Hall–Kier alpha value is -2.86. The van der Waals surface area contributed by atoms with Crippen molar-refractivity contribution in [2.24, 2.45) is 0 Å². The first-order chi connectivity index (χ1) is 11.2. The van der Waals surface area contributed by atoms with Crippen LogP contribution in [-0.2, 0) is 19.4 Å². The Morgan fingerprint density at radius 3 is 2.13 bits per heavy atom. The maximum absolute atomic E-state index is 11.6. The Bertz CT molecular complexity index is 698. The van der Waals surface area contributed by atoms with Crippen LogP contribution in [0.2, 0.25) is 0 Å². The fourth-order valence-electron chi connectivity index (χ4n) is 2.74.